The molecule has 9 heteroatoms. The Bertz CT molecular complexity index is 1340. The van der Waals surface area contributed by atoms with Crippen molar-refractivity contribution >= 4 is 46.7 Å². The maximum Gasteiger partial charge on any atom is 0.319 e. The molecule has 1 heterocycles. The highest BCUT2D eigenvalue weighted by Crippen LogP contribution is 2.31. The quantitative estimate of drug-likeness (QED) is 0.241. The zero-order chi connectivity index (χ0) is 24.8. The summed E-state index contributed by atoms with van der Waals surface area (Å²) in [6.07, 6.45) is 0.821. The van der Waals surface area contributed by atoms with E-state index in [2.05, 4.69) is 39.9 Å². The minimum absolute atomic E-state index is 0.164. The monoisotopic (exact) mass is 525 g/mol. The number of carbonyl (C=O) groups is 1. The van der Waals surface area contributed by atoms with E-state index in [0.29, 0.717) is 26.7 Å². The molecule has 4 aromatic rings. The van der Waals surface area contributed by atoms with Gasteiger partial charge in [-0.25, -0.2) is 4.79 Å². The lowest BCUT2D eigenvalue weighted by molar-refractivity contribution is 0.251. The summed E-state index contributed by atoms with van der Waals surface area (Å²) in [5.41, 5.74) is 4.96. The molecule has 0 aliphatic heterocycles. The molecular weight excluding hydrogens is 501 g/mol. The normalized spacial score (nSPS) is 10.9. The van der Waals surface area contributed by atoms with Gasteiger partial charge in [-0.3, -0.25) is 4.57 Å². The van der Waals surface area contributed by atoms with E-state index in [4.69, 9.17) is 23.2 Å². The number of benzene rings is 3. The molecule has 2 amide bonds. The number of thioether (sulfide) groups is 1. The van der Waals surface area contributed by atoms with E-state index >= 15 is 0 Å². The fourth-order valence-electron chi connectivity index (χ4n) is 3.60. The van der Waals surface area contributed by atoms with Crippen molar-refractivity contribution in [2.75, 3.05) is 5.32 Å². The topological polar surface area (TPSA) is 71.8 Å². The molecule has 35 heavy (non-hydrogen) atoms. The van der Waals surface area contributed by atoms with Crippen LogP contribution in [0.1, 0.15) is 29.4 Å². The number of hydrogen-bond acceptors (Lipinski definition) is 4. The van der Waals surface area contributed by atoms with Crippen LogP contribution in [0.25, 0.3) is 5.69 Å². The van der Waals surface area contributed by atoms with Crippen molar-refractivity contribution in [1.82, 2.24) is 20.1 Å². The van der Waals surface area contributed by atoms with Gasteiger partial charge in [0.1, 0.15) is 0 Å². The van der Waals surface area contributed by atoms with Crippen molar-refractivity contribution in [2.24, 2.45) is 0 Å². The Labute approximate surface area is 219 Å². The summed E-state index contributed by atoms with van der Waals surface area (Å²) in [5.74, 6) is 1.28. The minimum Gasteiger partial charge on any atom is -0.331 e. The Hall–Kier alpha value is -3.00. The average Bonchev–Trinajstić information content (AvgIpc) is 3.25. The van der Waals surface area contributed by atoms with Gasteiger partial charge in [0.05, 0.1) is 17.3 Å². The standard InChI is InChI=1S/C26H25Cl2N5OS/c1-3-18-9-6-7-11-22(18)30-25(34)29-15-24-31-32-26(35-16-19-10-5-4-8-17(19)2)33(24)23-13-12-20(27)14-21(23)28/h4-14H,3,15-16H2,1-2H3,(H2,29,30,34). The molecule has 1 aromatic heterocycles. The first kappa shape index (κ1) is 25.1. The molecule has 2 N–H and O–H groups in total. The van der Waals surface area contributed by atoms with E-state index < -0.39 is 0 Å². The molecule has 0 bridgehead atoms. The SMILES string of the molecule is CCc1ccccc1NC(=O)NCc1nnc(SCc2ccccc2C)n1-c1ccc(Cl)cc1Cl. The van der Waals surface area contributed by atoms with Crippen LogP contribution in [0.4, 0.5) is 10.5 Å². The van der Waals surface area contributed by atoms with Crippen LogP contribution in [0.15, 0.2) is 71.9 Å². The van der Waals surface area contributed by atoms with Crippen LogP contribution in [0, 0.1) is 6.92 Å². The van der Waals surface area contributed by atoms with Crippen LogP contribution < -0.4 is 10.6 Å². The number of aryl methyl sites for hydroxylation is 2. The number of anilines is 1. The molecule has 180 valence electrons. The van der Waals surface area contributed by atoms with E-state index in [1.54, 1.807) is 23.9 Å². The van der Waals surface area contributed by atoms with E-state index in [9.17, 15) is 4.79 Å². The first-order valence-corrected chi connectivity index (χ1v) is 12.9. The summed E-state index contributed by atoms with van der Waals surface area (Å²) in [6.45, 7) is 4.30. The number of nitrogens with one attached hydrogen (secondary N) is 2. The average molecular weight is 526 g/mol. The zero-order valence-corrected chi connectivity index (χ0v) is 21.7. The summed E-state index contributed by atoms with van der Waals surface area (Å²) >= 11 is 14.2. The Morgan fingerprint density at radius 3 is 2.49 bits per heavy atom. The maximum absolute atomic E-state index is 12.6. The third-order valence-electron chi connectivity index (χ3n) is 5.52. The summed E-state index contributed by atoms with van der Waals surface area (Å²) < 4.78 is 1.86. The van der Waals surface area contributed by atoms with Gasteiger partial charge in [0.25, 0.3) is 0 Å². The van der Waals surface area contributed by atoms with Crippen LogP contribution in [0.2, 0.25) is 10.0 Å². The molecule has 4 rings (SSSR count). The third-order valence-corrected chi connectivity index (χ3v) is 7.04. The van der Waals surface area contributed by atoms with E-state index in [-0.39, 0.29) is 12.6 Å². The number of hydrogen-bond donors (Lipinski definition) is 2. The lowest BCUT2D eigenvalue weighted by Gasteiger charge is -2.14. The van der Waals surface area contributed by atoms with Gasteiger partial charge < -0.3 is 10.6 Å². The largest absolute Gasteiger partial charge is 0.331 e. The molecular formula is C26H25Cl2N5OS. The maximum atomic E-state index is 12.6. The van der Waals surface area contributed by atoms with Crippen LogP contribution in [-0.2, 0) is 18.7 Å². The molecule has 0 saturated heterocycles. The molecule has 0 fully saturated rings. The van der Waals surface area contributed by atoms with Crippen LogP contribution in [0.5, 0.6) is 0 Å². The first-order valence-electron chi connectivity index (χ1n) is 11.2. The van der Waals surface area contributed by atoms with E-state index in [1.165, 1.54) is 11.1 Å². The van der Waals surface area contributed by atoms with E-state index in [1.807, 2.05) is 54.0 Å². The number of halogens is 2. The molecule has 0 atom stereocenters. The highest BCUT2D eigenvalue weighted by atomic mass is 35.5. The summed E-state index contributed by atoms with van der Waals surface area (Å²) in [6, 6.07) is 20.9. The highest BCUT2D eigenvalue weighted by Gasteiger charge is 2.18. The molecule has 0 radical (unpaired) electrons. The smallest absolute Gasteiger partial charge is 0.319 e. The molecule has 0 aliphatic rings. The molecule has 0 spiro atoms. The van der Waals surface area contributed by atoms with Crippen molar-refractivity contribution < 1.29 is 4.79 Å². The Morgan fingerprint density at radius 1 is 1.00 bits per heavy atom. The highest BCUT2D eigenvalue weighted by molar-refractivity contribution is 7.98. The Morgan fingerprint density at radius 2 is 1.74 bits per heavy atom. The van der Waals surface area contributed by atoms with Crippen LogP contribution >= 0.6 is 35.0 Å². The third kappa shape index (κ3) is 6.17. The second kappa shape index (κ2) is 11.6. The zero-order valence-electron chi connectivity index (χ0n) is 19.4. The number of aromatic nitrogens is 3. The molecule has 6 nitrogen and oxygen atoms in total. The Balaban J connectivity index is 1.56. The van der Waals surface area contributed by atoms with Crippen LogP contribution in [0.3, 0.4) is 0 Å². The van der Waals surface area contributed by atoms with Gasteiger partial charge in [0.15, 0.2) is 11.0 Å². The van der Waals surface area contributed by atoms with Gasteiger partial charge in [0.2, 0.25) is 0 Å². The minimum atomic E-state index is -0.322. The summed E-state index contributed by atoms with van der Waals surface area (Å²) in [5, 5.41) is 16.2. The van der Waals surface area contributed by atoms with Crippen molar-refractivity contribution in [2.45, 2.75) is 37.7 Å². The molecule has 0 aliphatic carbocycles. The van der Waals surface area contributed by atoms with Crippen LogP contribution in [-0.4, -0.2) is 20.8 Å². The van der Waals surface area contributed by atoms with Gasteiger partial charge in [-0.05, 0) is 54.3 Å². The fourth-order valence-corrected chi connectivity index (χ4v) is 5.14. The first-order chi connectivity index (χ1) is 17.0. The van der Waals surface area contributed by atoms with Crippen molar-refractivity contribution in [3.05, 3.63) is 99.3 Å². The fraction of sp³-hybridized carbons (Fsp3) is 0.192. The van der Waals surface area contributed by atoms with Crippen molar-refractivity contribution in [1.29, 1.82) is 0 Å². The second-order valence-electron chi connectivity index (χ2n) is 7.86. The lowest BCUT2D eigenvalue weighted by Crippen LogP contribution is -2.29. The number of para-hydroxylation sites is 1. The lowest BCUT2D eigenvalue weighted by atomic mass is 10.1. The van der Waals surface area contributed by atoms with Crippen molar-refractivity contribution in [3.8, 4) is 5.69 Å². The van der Waals surface area contributed by atoms with E-state index in [0.717, 1.165) is 23.4 Å². The molecule has 0 saturated carbocycles. The van der Waals surface area contributed by atoms with Gasteiger partial charge in [0, 0.05) is 16.5 Å². The van der Waals surface area contributed by atoms with Crippen molar-refractivity contribution in [3.63, 3.8) is 0 Å². The number of urea groups is 1. The second-order valence-corrected chi connectivity index (χ2v) is 9.65. The molecule has 0 unspecified atom stereocenters. The molecule has 3 aromatic carbocycles. The van der Waals surface area contributed by atoms with Gasteiger partial charge in [-0.1, -0.05) is 84.4 Å². The number of rotatable bonds is 8. The van der Waals surface area contributed by atoms with Gasteiger partial charge in [-0.15, -0.1) is 10.2 Å². The number of nitrogens with zero attached hydrogens (tertiary/aromatic N) is 3. The van der Waals surface area contributed by atoms with Gasteiger partial charge in [-0.2, -0.15) is 0 Å². The predicted molar refractivity (Wildman–Crippen MR) is 144 cm³/mol. The Kier molecular flexibility index (Phi) is 8.33. The summed E-state index contributed by atoms with van der Waals surface area (Å²) in [4.78, 5) is 12.6. The number of amides is 2. The number of carbonyl (C=O) groups excluding carboxylic acids is 1. The van der Waals surface area contributed by atoms with Gasteiger partial charge >= 0.3 is 6.03 Å². The predicted octanol–water partition coefficient (Wildman–Crippen LogP) is 7.06. The summed E-state index contributed by atoms with van der Waals surface area (Å²) in [7, 11) is 0.